The Hall–Kier alpha value is -2.93. The van der Waals surface area contributed by atoms with Crippen LogP contribution in [0.15, 0.2) is 48.5 Å². The van der Waals surface area contributed by atoms with Crippen LogP contribution in [0.3, 0.4) is 0 Å². The van der Waals surface area contributed by atoms with E-state index in [0.717, 1.165) is 0 Å². The Kier molecular flexibility index (Phi) is 7.34. The van der Waals surface area contributed by atoms with Crippen LogP contribution in [0, 0.1) is 5.82 Å². The molecule has 7 heteroatoms. The van der Waals surface area contributed by atoms with Crippen LogP contribution in [0.2, 0.25) is 0 Å². The van der Waals surface area contributed by atoms with E-state index >= 15 is 0 Å². The lowest BCUT2D eigenvalue weighted by Gasteiger charge is -2.26. The van der Waals surface area contributed by atoms with Gasteiger partial charge in [-0.25, -0.2) is 9.18 Å². The highest BCUT2D eigenvalue weighted by molar-refractivity contribution is 5.75. The Bertz CT molecular complexity index is 845. The quantitative estimate of drug-likeness (QED) is 0.585. The normalized spacial score (nSPS) is 12.2. The van der Waals surface area contributed by atoms with Crippen molar-refractivity contribution in [1.82, 2.24) is 4.90 Å². The smallest absolute Gasteiger partial charge is 0.410 e. The van der Waals surface area contributed by atoms with Crippen molar-refractivity contribution in [3.8, 4) is 5.75 Å². The number of rotatable bonds is 6. The van der Waals surface area contributed by atoms with Gasteiger partial charge in [0.2, 0.25) is 0 Å². The average molecular weight is 403 g/mol. The minimum atomic E-state index is -0.926. The van der Waals surface area contributed by atoms with Crippen molar-refractivity contribution >= 4 is 12.1 Å². The number of hydrogen-bond acceptors (Lipinski definition) is 5. The van der Waals surface area contributed by atoms with Crippen molar-refractivity contribution in [2.45, 2.75) is 38.9 Å². The van der Waals surface area contributed by atoms with Crippen LogP contribution in [0.25, 0.3) is 0 Å². The van der Waals surface area contributed by atoms with Crippen molar-refractivity contribution in [3.63, 3.8) is 0 Å². The summed E-state index contributed by atoms with van der Waals surface area (Å²) in [6, 6.07) is 12.1. The number of carbonyl (C=O) groups excluding carboxylic acids is 2. The Morgan fingerprint density at radius 2 is 1.79 bits per heavy atom. The fourth-order valence-corrected chi connectivity index (χ4v) is 2.52. The molecule has 1 N–H and O–H groups in total. The summed E-state index contributed by atoms with van der Waals surface area (Å²) < 4.78 is 23.7. The maximum atomic E-state index is 13.2. The zero-order valence-electron chi connectivity index (χ0n) is 17.0. The van der Waals surface area contributed by atoms with E-state index in [1.54, 1.807) is 58.2 Å². The largest absolute Gasteiger partial charge is 0.444 e. The zero-order valence-corrected chi connectivity index (χ0v) is 17.0. The molecule has 2 aromatic carbocycles. The van der Waals surface area contributed by atoms with E-state index in [1.165, 1.54) is 23.1 Å². The Morgan fingerprint density at radius 1 is 1.14 bits per heavy atom. The lowest BCUT2D eigenvalue weighted by Crippen LogP contribution is -2.36. The second-order valence-corrected chi connectivity index (χ2v) is 7.73. The molecular weight excluding hydrogens is 377 g/mol. The topological polar surface area (TPSA) is 76.1 Å². The number of aliphatic hydroxyl groups is 1. The number of ether oxygens (including phenoxy) is 2. The van der Waals surface area contributed by atoms with Crippen LogP contribution in [-0.4, -0.2) is 41.3 Å². The molecule has 0 bridgehead atoms. The maximum absolute atomic E-state index is 13.2. The van der Waals surface area contributed by atoms with E-state index in [1.807, 2.05) is 0 Å². The molecule has 29 heavy (non-hydrogen) atoms. The van der Waals surface area contributed by atoms with E-state index < -0.39 is 29.6 Å². The lowest BCUT2D eigenvalue weighted by molar-refractivity contribution is -0.133. The van der Waals surface area contributed by atoms with Crippen LogP contribution in [0.4, 0.5) is 9.18 Å². The number of benzene rings is 2. The second-order valence-electron chi connectivity index (χ2n) is 7.73. The molecule has 1 amide bonds. The number of halogens is 1. The van der Waals surface area contributed by atoms with E-state index in [0.29, 0.717) is 16.9 Å². The van der Waals surface area contributed by atoms with Gasteiger partial charge in [0.05, 0.1) is 19.1 Å². The summed E-state index contributed by atoms with van der Waals surface area (Å²) in [4.78, 5) is 25.3. The molecule has 0 heterocycles. The molecule has 1 atom stereocenters. The van der Waals surface area contributed by atoms with Crippen LogP contribution in [0.1, 0.15) is 38.0 Å². The molecule has 0 radical (unpaired) electrons. The third-order valence-corrected chi connectivity index (χ3v) is 3.89. The van der Waals surface area contributed by atoms with E-state index in [4.69, 9.17) is 9.47 Å². The maximum Gasteiger partial charge on any atom is 0.410 e. The molecule has 0 aromatic heterocycles. The van der Waals surface area contributed by atoms with E-state index in [9.17, 15) is 19.1 Å². The molecule has 6 nitrogen and oxygen atoms in total. The molecule has 1 unspecified atom stereocenters. The Balaban J connectivity index is 1.90. The van der Waals surface area contributed by atoms with Gasteiger partial charge in [-0.15, -0.1) is 0 Å². The van der Waals surface area contributed by atoms with Gasteiger partial charge in [-0.1, -0.05) is 24.3 Å². The molecule has 0 aliphatic carbocycles. The van der Waals surface area contributed by atoms with Gasteiger partial charge >= 0.3 is 12.1 Å². The first-order valence-corrected chi connectivity index (χ1v) is 9.21. The molecule has 156 valence electrons. The summed E-state index contributed by atoms with van der Waals surface area (Å²) in [5.74, 6) is -0.624. The van der Waals surface area contributed by atoms with Crippen molar-refractivity contribution < 1.29 is 28.6 Å². The molecule has 0 spiro atoms. The Morgan fingerprint density at radius 3 is 2.38 bits per heavy atom. The summed E-state index contributed by atoms with van der Waals surface area (Å²) in [5.41, 5.74) is 0.463. The van der Waals surface area contributed by atoms with Crippen molar-refractivity contribution in [1.29, 1.82) is 0 Å². The highest BCUT2D eigenvalue weighted by atomic mass is 19.1. The number of esters is 1. The minimum Gasteiger partial charge on any atom is -0.444 e. The van der Waals surface area contributed by atoms with Gasteiger partial charge in [-0.05, 0) is 56.2 Å². The number of carbonyl (C=O) groups is 2. The predicted molar refractivity (Wildman–Crippen MR) is 106 cm³/mol. The first-order chi connectivity index (χ1) is 13.5. The van der Waals surface area contributed by atoms with Crippen LogP contribution in [-0.2, 0) is 16.0 Å². The minimum absolute atomic E-state index is 0.0492. The fourth-order valence-electron chi connectivity index (χ4n) is 2.52. The predicted octanol–water partition coefficient (Wildman–Crippen LogP) is 3.87. The summed E-state index contributed by atoms with van der Waals surface area (Å²) in [5, 5.41) is 10.3. The summed E-state index contributed by atoms with van der Waals surface area (Å²) in [6.45, 7) is 5.35. The van der Waals surface area contributed by atoms with Crippen LogP contribution in [0.5, 0.6) is 5.75 Å². The highest BCUT2D eigenvalue weighted by Crippen LogP contribution is 2.20. The monoisotopic (exact) mass is 403 g/mol. The number of amides is 1. The molecule has 0 fully saturated rings. The second kappa shape index (κ2) is 9.52. The van der Waals surface area contributed by atoms with Crippen molar-refractivity contribution in [3.05, 3.63) is 65.5 Å². The van der Waals surface area contributed by atoms with Gasteiger partial charge in [-0.3, -0.25) is 4.79 Å². The number of aliphatic hydroxyl groups excluding tert-OH is 1. The third-order valence-electron chi connectivity index (χ3n) is 3.89. The number of likely N-dealkylation sites (N-methyl/N-ethyl adjacent to an activating group) is 1. The van der Waals surface area contributed by atoms with Crippen molar-refractivity contribution in [2.75, 3.05) is 13.6 Å². The summed E-state index contributed by atoms with van der Waals surface area (Å²) in [6.07, 6.45) is -1.51. The first-order valence-electron chi connectivity index (χ1n) is 9.21. The van der Waals surface area contributed by atoms with Gasteiger partial charge in [0.1, 0.15) is 17.2 Å². The molecule has 0 saturated heterocycles. The van der Waals surface area contributed by atoms with Gasteiger partial charge in [0.15, 0.2) is 0 Å². The molecule has 2 aromatic rings. The van der Waals surface area contributed by atoms with Crippen LogP contribution < -0.4 is 4.74 Å². The summed E-state index contributed by atoms with van der Waals surface area (Å²) >= 11 is 0. The molecule has 0 aliphatic rings. The number of nitrogens with zero attached hydrogens (tertiary/aromatic N) is 1. The average Bonchev–Trinajstić information content (AvgIpc) is 2.60. The molecule has 0 aliphatic heterocycles. The van der Waals surface area contributed by atoms with Crippen molar-refractivity contribution in [2.24, 2.45) is 0 Å². The lowest BCUT2D eigenvalue weighted by atomic mass is 10.1. The van der Waals surface area contributed by atoms with E-state index in [2.05, 4.69) is 0 Å². The first kappa shape index (κ1) is 22.4. The SMILES string of the molecule is CN(CC(O)c1ccc(OC(=O)Cc2cccc(F)c2)cc1)C(=O)OC(C)(C)C. The van der Waals surface area contributed by atoms with E-state index in [-0.39, 0.29) is 13.0 Å². The number of hydrogen-bond donors (Lipinski definition) is 1. The Labute approximate surface area is 169 Å². The van der Waals surface area contributed by atoms with Gasteiger partial charge in [0.25, 0.3) is 0 Å². The van der Waals surface area contributed by atoms with Gasteiger partial charge < -0.3 is 19.5 Å². The third kappa shape index (κ3) is 7.54. The van der Waals surface area contributed by atoms with Gasteiger partial charge in [-0.2, -0.15) is 0 Å². The standard InChI is InChI=1S/C22H26FNO5/c1-22(2,3)29-21(27)24(4)14-19(25)16-8-10-18(11-9-16)28-20(26)13-15-6-5-7-17(23)12-15/h5-12,19,25H,13-14H2,1-4H3. The molecule has 2 rings (SSSR count). The zero-order chi connectivity index (χ0) is 21.6. The molecular formula is C22H26FNO5. The van der Waals surface area contributed by atoms with Crippen LogP contribution >= 0.6 is 0 Å². The fraction of sp³-hybridized carbons (Fsp3) is 0.364. The highest BCUT2D eigenvalue weighted by Gasteiger charge is 2.22. The molecule has 0 saturated carbocycles. The summed E-state index contributed by atoms with van der Waals surface area (Å²) in [7, 11) is 1.54. The van der Waals surface area contributed by atoms with Gasteiger partial charge in [0, 0.05) is 7.05 Å².